The molecule has 2 fully saturated rings. The van der Waals surface area contributed by atoms with E-state index in [4.69, 9.17) is 4.74 Å². The van der Waals surface area contributed by atoms with Gasteiger partial charge in [-0.15, -0.1) is 0 Å². The van der Waals surface area contributed by atoms with Crippen LogP contribution in [-0.2, 0) is 15.7 Å². The molecule has 1 aromatic carbocycles. The van der Waals surface area contributed by atoms with E-state index in [0.717, 1.165) is 44.5 Å². The summed E-state index contributed by atoms with van der Waals surface area (Å²) in [6.07, 6.45) is 1.29. The van der Waals surface area contributed by atoms with Gasteiger partial charge < -0.3 is 9.64 Å². The highest BCUT2D eigenvalue weighted by molar-refractivity contribution is 5.78. The number of piperidine rings is 1. The van der Waals surface area contributed by atoms with Crippen molar-refractivity contribution in [1.29, 1.82) is 0 Å². The number of halogens is 3. The van der Waals surface area contributed by atoms with Crippen LogP contribution in [0.4, 0.5) is 13.2 Å². The van der Waals surface area contributed by atoms with E-state index in [9.17, 15) is 18.0 Å². The number of carbonyl (C=O) groups is 1. The van der Waals surface area contributed by atoms with Gasteiger partial charge in [-0.05, 0) is 31.4 Å². The maximum atomic E-state index is 13.2. The Labute approximate surface area is 179 Å². The summed E-state index contributed by atoms with van der Waals surface area (Å²) in [6, 6.07) is 5.06. The largest absolute Gasteiger partial charge is 0.416 e. The number of ether oxygens (including phenoxy) is 1. The summed E-state index contributed by atoms with van der Waals surface area (Å²) in [5.41, 5.74) is 0.447. The van der Waals surface area contributed by atoms with E-state index in [1.807, 2.05) is 9.80 Å². The first kappa shape index (κ1) is 21.7. The molecule has 166 valence electrons. The summed E-state index contributed by atoms with van der Waals surface area (Å²) >= 11 is 0. The number of alkyl halides is 3. The third-order valence-electron chi connectivity index (χ3n) is 5.71. The molecule has 1 amide bonds. The van der Waals surface area contributed by atoms with E-state index in [0.29, 0.717) is 43.2 Å². The number of nitrogens with zero attached hydrogens (tertiary/aromatic N) is 4. The Morgan fingerprint density at radius 3 is 2.65 bits per heavy atom. The Morgan fingerprint density at radius 1 is 1.10 bits per heavy atom. The molecule has 6 nitrogen and oxygen atoms in total. The number of benzene rings is 1. The molecule has 2 saturated heterocycles. The number of rotatable bonds is 4. The van der Waals surface area contributed by atoms with Gasteiger partial charge in [-0.1, -0.05) is 12.1 Å². The molecule has 2 aliphatic rings. The molecule has 0 radical (unpaired) electrons. The minimum atomic E-state index is -4.44. The van der Waals surface area contributed by atoms with Crippen LogP contribution in [0.25, 0.3) is 11.3 Å². The third kappa shape index (κ3) is 5.22. The average molecular weight is 434 g/mol. The van der Waals surface area contributed by atoms with Gasteiger partial charge in [0, 0.05) is 44.1 Å². The number of hydrogen-bond donors (Lipinski definition) is 0. The number of hydrogen-bond acceptors (Lipinski definition) is 5. The fraction of sp³-hybridized carbons (Fsp3) is 0.500. The summed E-state index contributed by atoms with van der Waals surface area (Å²) < 4.78 is 45.4. The van der Waals surface area contributed by atoms with Gasteiger partial charge in [0.2, 0.25) is 5.91 Å². The fourth-order valence-electron chi connectivity index (χ4n) is 4.10. The van der Waals surface area contributed by atoms with Crippen molar-refractivity contribution in [2.75, 3.05) is 39.3 Å². The van der Waals surface area contributed by atoms with Gasteiger partial charge >= 0.3 is 6.18 Å². The molecule has 2 aliphatic heterocycles. The van der Waals surface area contributed by atoms with E-state index in [-0.39, 0.29) is 5.91 Å². The number of amides is 1. The van der Waals surface area contributed by atoms with Crippen LogP contribution in [0.15, 0.2) is 36.7 Å². The lowest BCUT2D eigenvalue weighted by molar-refractivity contribution is -0.137. The fourth-order valence-corrected chi connectivity index (χ4v) is 4.10. The standard InChI is InChI=1S/C22H25F3N4O2/c23-22(24,25)17-6-4-5-16(13-17)20-21(27-8-7-26-20)18-14-28(11-12-31-18)15-19(30)29-9-2-1-3-10-29/h4-8,13,18H,1-3,9-12,14-15H2/t18-/m1/s1. The third-order valence-corrected chi connectivity index (χ3v) is 5.71. The van der Waals surface area contributed by atoms with Crippen molar-refractivity contribution >= 4 is 5.91 Å². The first-order valence-electron chi connectivity index (χ1n) is 10.5. The zero-order valence-electron chi connectivity index (χ0n) is 17.1. The van der Waals surface area contributed by atoms with E-state index < -0.39 is 17.8 Å². The molecular formula is C22H25F3N4O2. The predicted molar refractivity (Wildman–Crippen MR) is 108 cm³/mol. The first-order chi connectivity index (χ1) is 14.9. The van der Waals surface area contributed by atoms with Crippen molar-refractivity contribution in [3.8, 4) is 11.3 Å². The van der Waals surface area contributed by atoms with E-state index in [1.54, 1.807) is 6.07 Å². The molecule has 3 heterocycles. The van der Waals surface area contributed by atoms with E-state index in [1.165, 1.54) is 18.5 Å². The van der Waals surface area contributed by atoms with Crippen LogP contribution in [-0.4, -0.2) is 65.0 Å². The van der Waals surface area contributed by atoms with Crippen molar-refractivity contribution < 1.29 is 22.7 Å². The Morgan fingerprint density at radius 2 is 1.87 bits per heavy atom. The summed E-state index contributed by atoms with van der Waals surface area (Å²) in [5, 5.41) is 0. The second-order valence-corrected chi connectivity index (χ2v) is 7.90. The lowest BCUT2D eigenvalue weighted by Gasteiger charge is -2.35. The molecule has 4 rings (SSSR count). The highest BCUT2D eigenvalue weighted by Crippen LogP contribution is 2.34. The maximum Gasteiger partial charge on any atom is 0.416 e. The Kier molecular flexibility index (Phi) is 6.52. The van der Waals surface area contributed by atoms with Gasteiger partial charge in [0.25, 0.3) is 0 Å². The van der Waals surface area contributed by atoms with Gasteiger partial charge in [0.05, 0.1) is 30.1 Å². The van der Waals surface area contributed by atoms with Crippen LogP contribution in [0.5, 0.6) is 0 Å². The minimum absolute atomic E-state index is 0.109. The zero-order chi connectivity index (χ0) is 21.8. The Hall–Kier alpha value is -2.52. The molecule has 1 aromatic heterocycles. The highest BCUT2D eigenvalue weighted by atomic mass is 19.4. The first-order valence-corrected chi connectivity index (χ1v) is 10.5. The normalized spacial score (nSPS) is 20.6. The van der Waals surface area contributed by atoms with E-state index >= 15 is 0 Å². The summed E-state index contributed by atoms with van der Waals surface area (Å²) in [7, 11) is 0. The topological polar surface area (TPSA) is 58.6 Å². The highest BCUT2D eigenvalue weighted by Gasteiger charge is 2.32. The molecule has 0 aliphatic carbocycles. The molecule has 0 spiro atoms. The molecular weight excluding hydrogens is 409 g/mol. The van der Waals surface area contributed by atoms with Crippen molar-refractivity contribution in [3.05, 3.63) is 47.9 Å². The van der Waals surface area contributed by atoms with Crippen LogP contribution in [0.3, 0.4) is 0 Å². The second kappa shape index (κ2) is 9.32. The quantitative estimate of drug-likeness (QED) is 0.737. The number of likely N-dealkylation sites (tertiary alicyclic amines) is 1. The van der Waals surface area contributed by atoms with Crippen LogP contribution < -0.4 is 0 Å². The van der Waals surface area contributed by atoms with Crippen LogP contribution in [0.2, 0.25) is 0 Å². The molecule has 9 heteroatoms. The van der Waals surface area contributed by atoms with Crippen LogP contribution in [0, 0.1) is 0 Å². The molecule has 2 aromatic rings. The molecule has 0 bridgehead atoms. The number of morpholine rings is 1. The van der Waals surface area contributed by atoms with Crippen molar-refractivity contribution in [2.24, 2.45) is 0 Å². The van der Waals surface area contributed by atoms with Crippen molar-refractivity contribution in [3.63, 3.8) is 0 Å². The molecule has 0 N–H and O–H groups in total. The summed E-state index contributed by atoms with van der Waals surface area (Å²) in [4.78, 5) is 25.3. The van der Waals surface area contributed by atoms with Crippen molar-refractivity contribution in [2.45, 2.75) is 31.5 Å². The summed E-state index contributed by atoms with van der Waals surface area (Å²) in [5.74, 6) is 0.109. The molecule has 31 heavy (non-hydrogen) atoms. The SMILES string of the molecule is O=C(CN1CCO[C@@H](c2nccnc2-c2cccc(C(F)(F)F)c2)C1)N1CCCCC1. The molecule has 1 atom stereocenters. The van der Waals surface area contributed by atoms with Crippen LogP contribution in [0.1, 0.15) is 36.6 Å². The Balaban J connectivity index is 1.52. The monoisotopic (exact) mass is 434 g/mol. The number of aromatic nitrogens is 2. The van der Waals surface area contributed by atoms with Crippen molar-refractivity contribution in [1.82, 2.24) is 19.8 Å². The smallest absolute Gasteiger partial charge is 0.369 e. The van der Waals surface area contributed by atoms with Gasteiger partial charge in [0.15, 0.2) is 0 Å². The zero-order valence-corrected chi connectivity index (χ0v) is 17.1. The maximum absolute atomic E-state index is 13.2. The molecule has 0 saturated carbocycles. The Bertz CT molecular complexity index is 916. The van der Waals surface area contributed by atoms with Gasteiger partial charge in [-0.3, -0.25) is 19.7 Å². The lowest BCUT2D eigenvalue weighted by Crippen LogP contribution is -2.47. The van der Waals surface area contributed by atoms with E-state index in [2.05, 4.69) is 9.97 Å². The lowest BCUT2D eigenvalue weighted by atomic mass is 10.0. The average Bonchev–Trinajstić information content (AvgIpc) is 2.79. The minimum Gasteiger partial charge on any atom is -0.369 e. The number of carbonyl (C=O) groups excluding carboxylic acids is 1. The van der Waals surface area contributed by atoms with Gasteiger partial charge in [-0.2, -0.15) is 13.2 Å². The van der Waals surface area contributed by atoms with Gasteiger partial charge in [-0.25, -0.2) is 0 Å². The van der Waals surface area contributed by atoms with Crippen LogP contribution >= 0.6 is 0 Å². The predicted octanol–water partition coefficient (Wildman–Crippen LogP) is 3.55. The summed E-state index contributed by atoms with van der Waals surface area (Å²) in [6.45, 7) is 3.38. The molecule has 0 unspecified atom stereocenters. The van der Waals surface area contributed by atoms with Gasteiger partial charge in [0.1, 0.15) is 6.10 Å². The second-order valence-electron chi connectivity index (χ2n) is 7.90.